The normalized spacial score (nSPS) is 18.9. The van der Waals surface area contributed by atoms with E-state index >= 15 is 0 Å². The fraction of sp³-hybridized carbons (Fsp3) is 0.243. The first-order valence-electron chi connectivity index (χ1n) is 15.6. The lowest BCUT2D eigenvalue weighted by atomic mass is 9.89. The molecule has 45 heavy (non-hydrogen) atoms. The van der Waals surface area contributed by atoms with Crippen molar-refractivity contribution in [1.82, 2.24) is 30.2 Å². The quantitative estimate of drug-likeness (QED) is 0.173. The number of benzene rings is 2. The highest BCUT2D eigenvalue weighted by Crippen LogP contribution is 2.30. The van der Waals surface area contributed by atoms with E-state index in [2.05, 4.69) is 78.7 Å². The van der Waals surface area contributed by atoms with Crippen molar-refractivity contribution in [3.05, 3.63) is 149 Å². The van der Waals surface area contributed by atoms with E-state index < -0.39 is 12.1 Å². The average molecular weight is 596 g/mol. The number of aliphatic hydroxyl groups excluding tert-OH is 1. The minimum Gasteiger partial charge on any atom is -0.385 e. The van der Waals surface area contributed by atoms with Crippen LogP contribution in [-0.4, -0.2) is 48.2 Å². The number of aromatic amines is 1. The topological polar surface area (TPSA) is 102 Å². The predicted molar refractivity (Wildman–Crippen MR) is 177 cm³/mol. The van der Waals surface area contributed by atoms with Crippen molar-refractivity contribution >= 4 is 17.2 Å². The van der Waals surface area contributed by atoms with Gasteiger partial charge < -0.3 is 15.4 Å². The van der Waals surface area contributed by atoms with Gasteiger partial charge in [0, 0.05) is 37.7 Å². The molecule has 4 heterocycles. The van der Waals surface area contributed by atoms with Gasteiger partial charge in [0.15, 0.2) is 0 Å². The number of dihydropyridines is 1. The zero-order valence-corrected chi connectivity index (χ0v) is 25.1. The van der Waals surface area contributed by atoms with Crippen molar-refractivity contribution in [2.45, 2.75) is 56.7 Å². The molecule has 5 aromatic rings. The summed E-state index contributed by atoms with van der Waals surface area (Å²) in [6, 6.07) is 28.4. The van der Waals surface area contributed by atoms with Gasteiger partial charge in [-0.1, -0.05) is 60.7 Å². The van der Waals surface area contributed by atoms with Gasteiger partial charge >= 0.3 is 0 Å². The van der Waals surface area contributed by atoms with Crippen molar-refractivity contribution < 1.29 is 5.11 Å². The second kappa shape index (κ2) is 13.5. The Morgan fingerprint density at radius 2 is 1.60 bits per heavy atom. The fourth-order valence-electron chi connectivity index (χ4n) is 6.28. The summed E-state index contributed by atoms with van der Waals surface area (Å²) in [4.78, 5) is 24.5. The van der Waals surface area contributed by atoms with Crippen LogP contribution in [0.1, 0.15) is 53.3 Å². The smallest absolute Gasteiger partial charge is 0.121 e. The maximum atomic E-state index is 11.2. The molecule has 3 aromatic heterocycles. The van der Waals surface area contributed by atoms with Crippen LogP contribution in [0.3, 0.4) is 0 Å². The van der Waals surface area contributed by atoms with Crippen molar-refractivity contribution in [2.75, 3.05) is 0 Å². The van der Waals surface area contributed by atoms with E-state index in [4.69, 9.17) is 4.98 Å². The summed E-state index contributed by atoms with van der Waals surface area (Å²) in [5.74, 6) is 0.974. The van der Waals surface area contributed by atoms with E-state index in [0.29, 0.717) is 12.2 Å². The monoisotopic (exact) mass is 595 g/mol. The largest absolute Gasteiger partial charge is 0.385 e. The Morgan fingerprint density at radius 1 is 0.844 bits per heavy atom. The third-order valence-corrected chi connectivity index (χ3v) is 8.65. The molecule has 2 aliphatic rings. The summed E-state index contributed by atoms with van der Waals surface area (Å²) >= 11 is 0. The Labute approximate surface area is 263 Å². The highest BCUT2D eigenvalue weighted by atomic mass is 16.3. The first-order chi connectivity index (χ1) is 22.2. The number of nitrogens with zero attached hydrogens (tertiary/aromatic N) is 5. The van der Waals surface area contributed by atoms with E-state index in [1.54, 1.807) is 12.4 Å². The number of aliphatic imine (C=N–C) groups is 1. The third kappa shape index (κ3) is 6.83. The molecule has 7 rings (SSSR count). The van der Waals surface area contributed by atoms with Crippen LogP contribution in [0.5, 0.6) is 0 Å². The van der Waals surface area contributed by atoms with E-state index in [9.17, 15) is 5.11 Å². The maximum Gasteiger partial charge on any atom is 0.121 e. The molecular formula is C37H37N7O. The van der Waals surface area contributed by atoms with Gasteiger partial charge in [0.05, 0.1) is 41.0 Å². The summed E-state index contributed by atoms with van der Waals surface area (Å²) in [5, 5.41) is 14.8. The molecule has 2 aromatic carbocycles. The Hall–Kier alpha value is -4.76. The number of aromatic nitrogens is 4. The number of hydrogen-bond acceptors (Lipinski definition) is 7. The second-order valence-electron chi connectivity index (χ2n) is 11.7. The molecule has 1 aliphatic heterocycles. The van der Waals surface area contributed by atoms with Gasteiger partial charge in [-0.2, -0.15) is 0 Å². The van der Waals surface area contributed by atoms with Gasteiger partial charge in [0.1, 0.15) is 11.9 Å². The van der Waals surface area contributed by atoms with Gasteiger partial charge in [-0.15, -0.1) is 0 Å². The van der Waals surface area contributed by atoms with Gasteiger partial charge in [-0.3, -0.25) is 19.9 Å². The average Bonchev–Trinajstić information content (AvgIpc) is 3.52. The predicted octanol–water partition coefficient (Wildman–Crippen LogP) is 6.02. The molecule has 0 amide bonds. The number of H-pyrrole nitrogens is 1. The first kappa shape index (κ1) is 29.0. The van der Waals surface area contributed by atoms with Crippen LogP contribution in [0.15, 0.2) is 126 Å². The summed E-state index contributed by atoms with van der Waals surface area (Å²) in [5.41, 5.74) is 7.11. The van der Waals surface area contributed by atoms with Gasteiger partial charge in [0.2, 0.25) is 0 Å². The van der Waals surface area contributed by atoms with Crippen molar-refractivity contribution in [3.63, 3.8) is 0 Å². The Balaban J connectivity index is 1.08. The molecule has 0 fully saturated rings. The molecule has 8 heteroatoms. The lowest BCUT2D eigenvalue weighted by molar-refractivity contribution is 0.121. The molecule has 1 aliphatic carbocycles. The summed E-state index contributed by atoms with van der Waals surface area (Å²) in [6.45, 7) is 2.10. The maximum absolute atomic E-state index is 11.2. The number of para-hydroxylation sites is 2. The third-order valence-electron chi connectivity index (χ3n) is 8.65. The van der Waals surface area contributed by atoms with Gasteiger partial charge in [0.25, 0.3) is 0 Å². The van der Waals surface area contributed by atoms with Crippen molar-refractivity contribution in [1.29, 1.82) is 0 Å². The summed E-state index contributed by atoms with van der Waals surface area (Å²) < 4.78 is 0. The van der Waals surface area contributed by atoms with Crippen LogP contribution >= 0.6 is 0 Å². The van der Waals surface area contributed by atoms with Gasteiger partial charge in [-0.05, 0) is 72.0 Å². The van der Waals surface area contributed by atoms with E-state index in [1.165, 1.54) is 11.1 Å². The molecule has 4 atom stereocenters. The van der Waals surface area contributed by atoms with Gasteiger partial charge in [-0.25, -0.2) is 4.98 Å². The van der Waals surface area contributed by atoms with E-state index in [0.717, 1.165) is 54.0 Å². The number of hydrogen-bond donors (Lipinski definition) is 3. The minimum absolute atomic E-state index is 0.275. The minimum atomic E-state index is -0.832. The van der Waals surface area contributed by atoms with Crippen LogP contribution in [0.25, 0.3) is 11.0 Å². The van der Waals surface area contributed by atoms with E-state index in [-0.39, 0.29) is 12.1 Å². The number of imidazole rings is 1. The second-order valence-corrected chi connectivity index (χ2v) is 11.7. The van der Waals surface area contributed by atoms with Crippen LogP contribution in [0.4, 0.5) is 0 Å². The Morgan fingerprint density at radius 3 is 2.38 bits per heavy atom. The lowest BCUT2D eigenvalue weighted by Crippen LogP contribution is -2.37. The van der Waals surface area contributed by atoms with Crippen LogP contribution in [0.2, 0.25) is 0 Å². The molecule has 226 valence electrons. The number of pyridine rings is 2. The molecule has 8 nitrogen and oxygen atoms in total. The van der Waals surface area contributed by atoms with Crippen LogP contribution in [0, 0.1) is 0 Å². The zero-order chi connectivity index (χ0) is 30.4. The molecular weight excluding hydrogens is 558 g/mol. The summed E-state index contributed by atoms with van der Waals surface area (Å²) in [7, 11) is 0. The number of fused-ring (bicyclic) bond motifs is 2. The standard InChI is InChI=1S/C37H37N7O/c45-37(34-12-4-6-20-40-34)36(33-11-3-5-19-39-33)41-23-26-13-15-27(16-14-26)24-44(25-35-42-31-9-1-2-10-32(31)43-35)29-17-18-30-28(22-29)8-7-21-38-30/h1-16,19-22,29-30,36-37,41,45H,17-18,23-25H2,(H,42,43). The van der Waals surface area contributed by atoms with Crippen LogP contribution < -0.4 is 5.32 Å². The molecule has 0 saturated carbocycles. The highest BCUT2D eigenvalue weighted by molar-refractivity contribution is 5.75. The van der Waals surface area contributed by atoms with Crippen molar-refractivity contribution in [2.24, 2.45) is 4.99 Å². The molecule has 0 bridgehead atoms. The molecule has 0 spiro atoms. The fourth-order valence-corrected chi connectivity index (χ4v) is 6.28. The molecule has 4 unspecified atom stereocenters. The molecule has 3 N–H and O–H groups in total. The molecule has 0 saturated heterocycles. The first-order valence-corrected chi connectivity index (χ1v) is 15.6. The van der Waals surface area contributed by atoms with E-state index in [1.807, 2.05) is 60.8 Å². The summed E-state index contributed by atoms with van der Waals surface area (Å²) in [6.07, 6.45) is 13.3. The molecule has 0 radical (unpaired) electrons. The number of rotatable bonds is 11. The lowest BCUT2D eigenvalue weighted by Gasteiger charge is -2.34. The number of allylic oxidation sites excluding steroid dienone is 1. The van der Waals surface area contributed by atoms with Crippen LogP contribution in [-0.2, 0) is 19.6 Å². The SMILES string of the molecule is OC(c1ccccn1)C(NCc1ccc(CN(Cc2nc3ccccc3[nH]2)C2C=C3C=CC=NC3CC2)cc1)c1ccccn1. The van der Waals surface area contributed by atoms with Crippen molar-refractivity contribution in [3.8, 4) is 0 Å². The highest BCUT2D eigenvalue weighted by Gasteiger charge is 2.27. The Bertz CT molecular complexity index is 1760. The zero-order valence-electron chi connectivity index (χ0n) is 25.1. The Kier molecular flexibility index (Phi) is 8.68. The number of aliphatic hydroxyl groups is 1. The number of nitrogens with one attached hydrogen (secondary N) is 2.